The maximum absolute atomic E-state index is 10.0. The van der Waals surface area contributed by atoms with Crippen molar-refractivity contribution >= 4 is 11.3 Å². The van der Waals surface area contributed by atoms with Crippen LogP contribution in [0.4, 0.5) is 0 Å². The third kappa shape index (κ3) is 4.17. The third-order valence-electron chi connectivity index (χ3n) is 4.21. The van der Waals surface area contributed by atoms with Crippen molar-refractivity contribution in [2.24, 2.45) is 0 Å². The van der Waals surface area contributed by atoms with Gasteiger partial charge in [0, 0.05) is 42.0 Å². The number of nitrogens with one attached hydrogen (secondary N) is 1. The molecule has 0 amide bonds. The molecule has 1 aromatic carbocycles. The molecule has 1 fully saturated rings. The van der Waals surface area contributed by atoms with E-state index in [1.807, 2.05) is 17.4 Å². The second-order valence-corrected chi connectivity index (χ2v) is 7.47. The Morgan fingerprint density at radius 2 is 2.05 bits per heavy atom. The number of aliphatic hydroxyl groups excluding tert-OH is 1. The Balaban J connectivity index is 1.52. The highest BCUT2D eigenvalue weighted by Crippen LogP contribution is 2.20. The highest BCUT2D eigenvalue weighted by atomic mass is 32.1. The fourth-order valence-corrected chi connectivity index (χ4v) is 3.98. The van der Waals surface area contributed by atoms with Crippen LogP contribution in [0.1, 0.15) is 21.7 Å². The van der Waals surface area contributed by atoms with E-state index in [4.69, 9.17) is 0 Å². The molecule has 2 unspecified atom stereocenters. The van der Waals surface area contributed by atoms with Crippen LogP contribution in [0.2, 0.25) is 0 Å². The maximum Gasteiger partial charge on any atom is 0.0682 e. The third-order valence-corrected chi connectivity index (χ3v) is 5.21. The predicted molar refractivity (Wildman–Crippen MR) is 92.0 cm³/mol. The lowest BCUT2D eigenvalue weighted by Gasteiger charge is -2.24. The van der Waals surface area contributed by atoms with Gasteiger partial charge in [-0.2, -0.15) is 0 Å². The number of aliphatic hydroxyl groups is 1. The van der Waals surface area contributed by atoms with Crippen LogP contribution in [0.5, 0.6) is 0 Å². The molecule has 2 heterocycles. The Bertz CT molecular complexity index is 584. The lowest BCUT2D eigenvalue weighted by Crippen LogP contribution is -2.37. The van der Waals surface area contributed by atoms with Gasteiger partial charge in [0.2, 0.25) is 0 Å². The van der Waals surface area contributed by atoms with E-state index in [0.717, 1.165) is 32.6 Å². The first-order valence-corrected chi connectivity index (χ1v) is 8.74. The number of likely N-dealkylation sites (tertiary alicyclic amines) is 1. The number of thiophene rings is 1. The number of hydrogen-bond donors (Lipinski definition) is 2. The molecule has 0 saturated carbocycles. The van der Waals surface area contributed by atoms with E-state index in [2.05, 4.69) is 53.5 Å². The average molecular weight is 316 g/mol. The van der Waals surface area contributed by atoms with Gasteiger partial charge in [-0.15, -0.1) is 11.3 Å². The highest BCUT2D eigenvalue weighted by Gasteiger charge is 2.30. The minimum Gasteiger partial charge on any atom is -0.392 e. The lowest BCUT2D eigenvalue weighted by atomic mass is 10.1. The normalized spacial score (nSPS) is 22.3. The number of β-amino-alcohol motifs (C(OH)–C–C–N with tert-alkyl or cyclic N) is 1. The van der Waals surface area contributed by atoms with E-state index in [0.29, 0.717) is 6.04 Å². The number of hydrogen-bond acceptors (Lipinski definition) is 4. The number of rotatable bonds is 6. The molecular formula is C18H24N2OS. The second-order valence-electron chi connectivity index (χ2n) is 6.10. The van der Waals surface area contributed by atoms with Gasteiger partial charge in [0.25, 0.3) is 0 Å². The van der Waals surface area contributed by atoms with Gasteiger partial charge in [0.1, 0.15) is 0 Å². The van der Waals surface area contributed by atoms with Gasteiger partial charge in [0.05, 0.1) is 6.10 Å². The van der Waals surface area contributed by atoms with E-state index in [1.165, 1.54) is 15.3 Å². The summed E-state index contributed by atoms with van der Waals surface area (Å²) in [7, 11) is 0. The van der Waals surface area contributed by atoms with Gasteiger partial charge in [-0.3, -0.25) is 4.90 Å². The molecule has 2 atom stereocenters. The summed E-state index contributed by atoms with van der Waals surface area (Å²) >= 11 is 1.85. The Hall–Kier alpha value is -1.20. The summed E-state index contributed by atoms with van der Waals surface area (Å²) in [5.41, 5.74) is 1.32. The zero-order chi connectivity index (χ0) is 15.4. The Kier molecular flexibility index (Phi) is 5.26. The summed E-state index contributed by atoms with van der Waals surface area (Å²) in [5, 5.41) is 13.6. The molecule has 0 aliphatic carbocycles. The van der Waals surface area contributed by atoms with E-state index in [9.17, 15) is 5.11 Å². The van der Waals surface area contributed by atoms with Crippen LogP contribution in [0.15, 0.2) is 42.5 Å². The second kappa shape index (κ2) is 7.38. The maximum atomic E-state index is 10.0. The highest BCUT2D eigenvalue weighted by molar-refractivity contribution is 7.11. The average Bonchev–Trinajstić information content (AvgIpc) is 3.06. The molecule has 22 heavy (non-hydrogen) atoms. The largest absolute Gasteiger partial charge is 0.392 e. The van der Waals surface area contributed by atoms with Crippen molar-refractivity contribution in [3.63, 3.8) is 0 Å². The summed E-state index contributed by atoms with van der Waals surface area (Å²) in [6, 6.07) is 15.3. The predicted octanol–water partition coefficient (Wildman–Crippen LogP) is 2.78. The van der Waals surface area contributed by atoms with E-state index >= 15 is 0 Å². The van der Waals surface area contributed by atoms with E-state index < -0.39 is 0 Å². The molecule has 2 N–H and O–H groups in total. The number of benzene rings is 1. The molecule has 1 saturated heterocycles. The summed E-state index contributed by atoms with van der Waals surface area (Å²) < 4.78 is 0. The minimum atomic E-state index is -0.195. The lowest BCUT2D eigenvalue weighted by molar-refractivity contribution is 0.172. The van der Waals surface area contributed by atoms with Gasteiger partial charge in [-0.1, -0.05) is 30.3 Å². The molecule has 3 nitrogen and oxygen atoms in total. The zero-order valence-corrected chi connectivity index (χ0v) is 13.9. The first kappa shape index (κ1) is 15.7. The first-order valence-electron chi connectivity index (χ1n) is 7.93. The van der Waals surface area contributed by atoms with E-state index in [-0.39, 0.29) is 6.10 Å². The van der Waals surface area contributed by atoms with Crippen molar-refractivity contribution in [2.45, 2.75) is 38.6 Å². The SMILES string of the molecule is Cc1ccc(CNCC2CC(O)CN2Cc2ccccc2)s1. The van der Waals surface area contributed by atoms with Crippen LogP contribution in [0.3, 0.4) is 0 Å². The fourth-order valence-electron chi connectivity index (χ4n) is 3.12. The molecule has 0 bridgehead atoms. The standard InChI is InChI=1S/C18H24N2OS/c1-14-7-8-18(22-14)11-19-10-16-9-17(21)13-20(16)12-15-5-3-2-4-6-15/h2-8,16-17,19,21H,9-13H2,1H3. The van der Waals surface area contributed by atoms with Crippen molar-refractivity contribution in [1.82, 2.24) is 10.2 Å². The zero-order valence-electron chi connectivity index (χ0n) is 13.0. The van der Waals surface area contributed by atoms with Gasteiger partial charge < -0.3 is 10.4 Å². The van der Waals surface area contributed by atoms with Crippen molar-refractivity contribution in [3.8, 4) is 0 Å². The number of aryl methyl sites for hydroxylation is 1. The first-order chi connectivity index (χ1) is 10.7. The Morgan fingerprint density at radius 1 is 1.23 bits per heavy atom. The van der Waals surface area contributed by atoms with Gasteiger partial charge in [-0.05, 0) is 31.0 Å². The van der Waals surface area contributed by atoms with Gasteiger partial charge >= 0.3 is 0 Å². The fraction of sp³-hybridized carbons (Fsp3) is 0.444. The van der Waals surface area contributed by atoms with Crippen LogP contribution in [-0.4, -0.2) is 35.2 Å². The molecular weight excluding hydrogens is 292 g/mol. The van der Waals surface area contributed by atoms with Crippen molar-refractivity contribution in [1.29, 1.82) is 0 Å². The molecule has 3 rings (SSSR count). The summed E-state index contributed by atoms with van der Waals surface area (Å²) in [6.45, 7) is 5.69. The molecule has 4 heteroatoms. The van der Waals surface area contributed by atoms with Crippen molar-refractivity contribution in [3.05, 3.63) is 57.8 Å². The smallest absolute Gasteiger partial charge is 0.0682 e. The molecule has 2 aromatic rings. The minimum absolute atomic E-state index is 0.195. The molecule has 0 radical (unpaired) electrons. The quantitative estimate of drug-likeness (QED) is 0.860. The monoisotopic (exact) mass is 316 g/mol. The summed E-state index contributed by atoms with van der Waals surface area (Å²) in [4.78, 5) is 5.14. The van der Waals surface area contributed by atoms with Crippen LogP contribution in [-0.2, 0) is 13.1 Å². The molecule has 0 spiro atoms. The van der Waals surface area contributed by atoms with Gasteiger partial charge in [-0.25, -0.2) is 0 Å². The molecule has 118 valence electrons. The van der Waals surface area contributed by atoms with Crippen LogP contribution in [0, 0.1) is 6.92 Å². The topological polar surface area (TPSA) is 35.5 Å². The molecule has 1 aliphatic heterocycles. The number of nitrogens with zero attached hydrogens (tertiary/aromatic N) is 1. The van der Waals surface area contributed by atoms with Crippen LogP contribution < -0.4 is 5.32 Å². The van der Waals surface area contributed by atoms with Crippen LogP contribution in [0.25, 0.3) is 0 Å². The van der Waals surface area contributed by atoms with Crippen LogP contribution >= 0.6 is 11.3 Å². The van der Waals surface area contributed by atoms with Crippen molar-refractivity contribution in [2.75, 3.05) is 13.1 Å². The molecule has 1 aliphatic rings. The Labute approximate surface area is 136 Å². The van der Waals surface area contributed by atoms with E-state index in [1.54, 1.807) is 0 Å². The van der Waals surface area contributed by atoms with Crippen molar-refractivity contribution < 1.29 is 5.11 Å². The summed E-state index contributed by atoms with van der Waals surface area (Å²) in [5.74, 6) is 0. The molecule has 1 aromatic heterocycles. The Morgan fingerprint density at radius 3 is 2.77 bits per heavy atom. The summed E-state index contributed by atoms with van der Waals surface area (Å²) in [6.07, 6.45) is 0.669. The van der Waals surface area contributed by atoms with Gasteiger partial charge in [0.15, 0.2) is 0 Å².